The summed E-state index contributed by atoms with van der Waals surface area (Å²) in [5.74, 6) is 0. The molecule has 0 saturated heterocycles. The van der Waals surface area contributed by atoms with Crippen molar-refractivity contribution in [2.24, 2.45) is 0 Å². The van der Waals surface area contributed by atoms with Crippen LogP contribution in [0.1, 0.15) is 47.2 Å². The molecule has 0 aliphatic carbocycles. The summed E-state index contributed by atoms with van der Waals surface area (Å²) in [5, 5.41) is 11.6. The number of nitrogens with zero attached hydrogens (tertiary/aromatic N) is 3. The fourth-order valence-electron chi connectivity index (χ4n) is 1.78. The van der Waals surface area contributed by atoms with Crippen molar-refractivity contribution in [2.75, 3.05) is 26.4 Å². The molecule has 0 aliphatic heterocycles. The normalized spacial score (nSPS) is 12.8. The molecule has 6 heteroatoms. The van der Waals surface area contributed by atoms with Gasteiger partial charge in [0.05, 0.1) is 37.7 Å². The standard InChI is InChI=1S/C16H32N4O2/c1-15(2,3)17-8-11-21-12-9-20-13-14(18-19-20)7-10-22-16(4,5)6/h13,17H,7-12H2,1-6H3. The molecule has 128 valence electrons. The van der Waals surface area contributed by atoms with E-state index < -0.39 is 0 Å². The van der Waals surface area contributed by atoms with Gasteiger partial charge in [-0.3, -0.25) is 0 Å². The van der Waals surface area contributed by atoms with Crippen molar-refractivity contribution < 1.29 is 9.47 Å². The Labute approximate surface area is 134 Å². The minimum absolute atomic E-state index is 0.106. The van der Waals surface area contributed by atoms with Gasteiger partial charge in [0.15, 0.2) is 0 Å². The van der Waals surface area contributed by atoms with E-state index in [1.807, 2.05) is 10.9 Å². The van der Waals surface area contributed by atoms with Gasteiger partial charge in [0, 0.05) is 24.7 Å². The van der Waals surface area contributed by atoms with Crippen LogP contribution in [0.3, 0.4) is 0 Å². The third kappa shape index (κ3) is 9.87. The number of nitrogens with one attached hydrogen (secondary N) is 1. The van der Waals surface area contributed by atoms with Crippen molar-refractivity contribution >= 4 is 0 Å². The van der Waals surface area contributed by atoms with Gasteiger partial charge in [-0.25, -0.2) is 4.68 Å². The van der Waals surface area contributed by atoms with E-state index in [1.165, 1.54) is 0 Å². The highest BCUT2D eigenvalue weighted by Crippen LogP contribution is 2.07. The van der Waals surface area contributed by atoms with E-state index in [9.17, 15) is 0 Å². The Hall–Kier alpha value is -0.980. The lowest BCUT2D eigenvalue weighted by Gasteiger charge is -2.20. The van der Waals surface area contributed by atoms with Crippen LogP contribution in [0.4, 0.5) is 0 Å². The third-order valence-electron chi connectivity index (χ3n) is 2.85. The van der Waals surface area contributed by atoms with Gasteiger partial charge < -0.3 is 14.8 Å². The molecule has 1 heterocycles. The molecule has 0 bridgehead atoms. The van der Waals surface area contributed by atoms with Crippen LogP contribution in [-0.4, -0.2) is 52.5 Å². The lowest BCUT2D eigenvalue weighted by atomic mass is 10.1. The maximum atomic E-state index is 5.69. The van der Waals surface area contributed by atoms with Crippen LogP contribution >= 0.6 is 0 Å². The highest BCUT2D eigenvalue weighted by molar-refractivity contribution is 4.92. The highest BCUT2D eigenvalue weighted by atomic mass is 16.5. The smallest absolute Gasteiger partial charge is 0.0850 e. The van der Waals surface area contributed by atoms with Crippen molar-refractivity contribution in [3.8, 4) is 0 Å². The largest absolute Gasteiger partial charge is 0.378 e. The summed E-state index contributed by atoms with van der Waals surface area (Å²) < 4.78 is 13.1. The van der Waals surface area contributed by atoms with Gasteiger partial charge in [-0.1, -0.05) is 5.21 Å². The van der Waals surface area contributed by atoms with Crippen molar-refractivity contribution in [1.82, 2.24) is 20.3 Å². The number of hydrogen-bond donors (Lipinski definition) is 1. The van der Waals surface area contributed by atoms with Crippen LogP contribution in [0.25, 0.3) is 0 Å². The quantitative estimate of drug-likeness (QED) is 0.707. The maximum Gasteiger partial charge on any atom is 0.0850 e. The predicted molar refractivity (Wildman–Crippen MR) is 88.0 cm³/mol. The molecule has 1 aromatic rings. The Morgan fingerprint density at radius 3 is 2.45 bits per heavy atom. The third-order valence-corrected chi connectivity index (χ3v) is 2.85. The minimum atomic E-state index is -0.106. The van der Waals surface area contributed by atoms with Crippen LogP contribution in [-0.2, 0) is 22.4 Å². The van der Waals surface area contributed by atoms with Gasteiger partial charge in [-0.15, -0.1) is 5.10 Å². The molecule has 1 rings (SSSR count). The number of aromatic nitrogens is 3. The van der Waals surface area contributed by atoms with Gasteiger partial charge in [-0.05, 0) is 41.5 Å². The number of hydrogen-bond acceptors (Lipinski definition) is 5. The molecule has 6 nitrogen and oxygen atoms in total. The Morgan fingerprint density at radius 1 is 1.09 bits per heavy atom. The van der Waals surface area contributed by atoms with E-state index >= 15 is 0 Å². The summed E-state index contributed by atoms with van der Waals surface area (Å²) in [6, 6.07) is 0. The molecule has 0 fully saturated rings. The fourth-order valence-corrected chi connectivity index (χ4v) is 1.78. The summed E-state index contributed by atoms with van der Waals surface area (Å²) >= 11 is 0. The Bertz CT molecular complexity index is 419. The van der Waals surface area contributed by atoms with Gasteiger partial charge in [0.1, 0.15) is 0 Å². The lowest BCUT2D eigenvalue weighted by molar-refractivity contribution is -0.00128. The number of ether oxygens (including phenoxy) is 2. The Balaban J connectivity index is 2.12. The molecule has 0 atom stereocenters. The number of rotatable bonds is 9. The summed E-state index contributed by atoms with van der Waals surface area (Å²) in [4.78, 5) is 0. The molecule has 0 aliphatic rings. The van der Waals surface area contributed by atoms with Crippen LogP contribution in [0, 0.1) is 0 Å². The molecule has 0 amide bonds. The maximum absolute atomic E-state index is 5.69. The lowest BCUT2D eigenvalue weighted by Crippen LogP contribution is -2.38. The van der Waals surface area contributed by atoms with E-state index in [4.69, 9.17) is 9.47 Å². The average Bonchev–Trinajstić information content (AvgIpc) is 2.78. The van der Waals surface area contributed by atoms with Crippen molar-refractivity contribution in [1.29, 1.82) is 0 Å². The predicted octanol–water partition coefficient (Wildman–Crippen LogP) is 2.04. The fraction of sp³-hybridized carbons (Fsp3) is 0.875. The molecule has 1 aromatic heterocycles. The van der Waals surface area contributed by atoms with Gasteiger partial charge in [0.2, 0.25) is 0 Å². The second-order valence-corrected chi connectivity index (χ2v) is 7.47. The zero-order chi connectivity index (χ0) is 16.6. The van der Waals surface area contributed by atoms with Crippen LogP contribution in [0.2, 0.25) is 0 Å². The first-order chi connectivity index (χ1) is 10.2. The molecule has 0 aromatic carbocycles. The first kappa shape index (κ1) is 19.1. The molecular weight excluding hydrogens is 280 g/mol. The molecule has 0 spiro atoms. The Kier molecular flexibility index (Phi) is 7.45. The van der Waals surface area contributed by atoms with E-state index in [1.54, 1.807) is 0 Å². The van der Waals surface area contributed by atoms with E-state index in [2.05, 4.69) is 57.2 Å². The molecule has 1 N–H and O–H groups in total. The molecule has 22 heavy (non-hydrogen) atoms. The monoisotopic (exact) mass is 312 g/mol. The summed E-state index contributed by atoms with van der Waals surface area (Å²) in [7, 11) is 0. The summed E-state index contributed by atoms with van der Waals surface area (Å²) in [6.07, 6.45) is 2.75. The van der Waals surface area contributed by atoms with E-state index in [0.29, 0.717) is 19.8 Å². The summed E-state index contributed by atoms with van der Waals surface area (Å²) in [6.45, 7) is 16.2. The highest BCUT2D eigenvalue weighted by Gasteiger charge is 2.10. The zero-order valence-corrected chi connectivity index (χ0v) is 15.0. The van der Waals surface area contributed by atoms with E-state index in [-0.39, 0.29) is 11.1 Å². The van der Waals surface area contributed by atoms with Crippen molar-refractivity contribution in [2.45, 2.75) is 65.6 Å². The molecule has 0 saturated carbocycles. The molecule has 0 unspecified atom stereocenters. The summed E-state index contributed by atoms with van der Waals surface area (Å²) in [5.41, 5.74) is 0.989. The van der Waals surface area contributed by atoms with Gasteiger partial charge in [-0.2, -0.15) is 0 Å². The van der Waals surface area contributed by atoms with E-state index in [0.717, 1.165) is 25.2 Å². The topological polar surface area (TPSA) is 61.2 Å². The van der Waals surface area contributed by atoms with Crippen molar-refractivity contribution in [3.05, 3.63) is 11.9 Å². The first-order valence-electron chi connectivity index (χ1n) is 8.01. The SMILES string of the molecule is CC(C)(C)NCCOCCn1cc(CCOC(C)(C)C)nn1. The molecule has 0 radical (unpaired) electrons. The zero-order valence-electron chi connectivity index (χ0n) is 15.0. The van der Waals surface area contributed by atoms with Crippen molar-refractivity contribution in [3.63, 3.8) is 0 Å². The minimum Gasteiger partial charge on any atom is -0.378 e. The van der Waals surface area contributed by atoms with Gasteiger partial charge in [0.25, 0.3) is 0 Å². The van der Waals surface area contributed by atoms with Crippen LogP contribution in [0.15, 0.2) is 6.20 Å². The second kappa shape index (κ2) is 8.60. The Morgan fingerprint density at radius 2 is 1.82 bits per heavy atom. The average molecular weight is 312 g/mol. The van der Waals surface area contributed by atoms with Crippen LogP contribution in [0.5, 0.6) is 0 Å². The van der Waals surface area contributed by atoms with Gasteiger partial charge >= 0.3 is 0 Å². The van der Waals surface area contributed by atoms with Crippen LogP contribution < -0.4 is 5.32 Å². The molecular formula is C16H32N4O2. The first-order valence-corrected chi connectivity index (χ1v) is 8.01. The second-order valence-electron chi connectivity index (χ2n) is 7.47.